The summed E-state index contributed by atoms with van der Waals surface area (Å²) in [5.74, 6) is -1.22. The van der Waals surface area contributed by atoms with E-state index in [0.717, 1.165) is 12.1 Å². The molecule has 1 N–H and O–H groups in total. The topological polar surface area (TPSA) is 81.3 Å². The molecule has 3 aromatic rings. The summed E-state index contributed by atoms with van der Waals surface area (Å²) in [4.78, 5) is 8.23. The van der Waals surface area contributed by atoms with Gasteiger partial charge >= 0.3 is 0 Å². The van der Waals surface area contributed by atoms with Gasteiger partial charge in [-0.05, 0) is 36.0 Å². The zero-order valence-electron chi connectivity index (χ0n) is 13.2. The van der Waals surface area contributed by atoms with Gasteiger partial charge < -0.3 is 14.4 Å². The average molecular weight is 380 g/mol. The molecule has 1 saturated carbocycles. The van der Waals surface area contributed by atoms with Crippen LogP contribution in [0.4, 0.5) is 8.78 Å². The fourth-order valence-corrected chi connectivity index (χ4v) is 3.09. The standard InChI is InChI=1S/C17H12ClF2N3O3/c18-9-3-11(19)17(12(20)4-9)8-1-10(2-8)25-16-7-21-13(6-22-16)14-5-15(24)23-26-14/h3-8,10H,1-2H2,(H,23,24)/t8-,10+. The lowest BCUT2D eigenvalue weighted by molar-refractivity contribution is 0.0904. The summed E-state index contributed by atoms with van der Waals surface area (Å²) in [6, 6.07) is 3.54. The Balaban J connectivity index is 1.38. The van der Waals surface area contributed by atoms with Crippen LogP contribution < -0.4 is 4.74 Å². The molecule has 1 aromatic carbocycles. The highest BCUT2D eigenvalue weighted by Crippen LogP contribution is 2.41. The third kappa shape index (κ3) is 3.20. The summed E-state index contributed by atoms with van der Waals surface area (Å²) in [5.41, 5.74) is 0.433. The summed E-state index contributed by atoms with van der Waals surface area (Å²) in [7, 11) is 0. The van der Waals surface area contributed by atoms with E-state index >= 15 is 0 Å². The summed E-state index contributed by atoms with van der Waals surface area (Å²) >= 11 is 5.64. The molecule has 26 heavy (non-hydrogen) atoms. The highest BCUT2D eigenvalue weighted by molar-refractivity contribution is 6.30. The number of halogens is 3. The lowest BCUT2D eigenvalue weighted by Gasteiger charge is -2.35. The maximum absolute atomic E-state index is 13.9. The molecule has 1 aliphatic carbocycles. The van der Waals surface area contributed by atoms with E-state index in [2.05, 4.69) is 15.1 Å². The average Bonchev–Trinajstić information content (AvgIpc) is 2.98. The molecular weight excluding hydrogens is 368 g/mol. The first-order valence-electron chi connectivity index (χ1n) is 7.79. The summed E-state index contributed by atoms with van der Waals surface area (Å²) in [6.45, 7) is 0. The largest absolute Gasteiger partial charge is 0.491 e. The number of hydrogen-bond donors (Lipinski definition) is 1. The molecule has 0 radical (unpaired) electrons. The van der Waals surface area contributed by atoms with E-state index in [1.165, 1.54) is 18.5 Å². The van der Waals surface area contributed by atoms with Crippen molar-refractivity contribution in [3.05, 3.63) is 52.8 Å². The minimum Gasteiger partial charge on any atom is -0.491 e. The minimum absolute atomic E-state index is 0.0336. The molecule has 9 heteroatoms. The molecule has 4 rings (SSSR count). The van der Waals surface area contributed by atoms with Crippen LogP contribution >= 0.6 is 11.6 Å². The SMILES string of the molecule is Oc1cc(-c2cnc(O[C@H]3C[C@@H](c4c(F)cc(Cl)cc4F)C3)cn2)on1. The highest BCUT2D eigenvalue weighted by Gasteiger charge is 2.36. The smallest absolute Gasteiger partial charge is 0.252 e. The van der Waals surface area contributed by atoms with Crippen LogP contribution in [0.2, 0.25) is 5.02 Å². The zero-order chi connectivity index (χ0) is 18.3. The molecule has 0 aliphatic heterocycles. The second-order valence-corrected chi connectivity index (χ2v) is 6.42. The van der Waals surface area contributed by atoms with Crippen molar-refractivity contribution in [3.63, 3.8) is 0 Å². The summed E-state index contributed by atoms with van der Waals surface area (Å²) in [5, 5.41) is 12.6. The van der Waals surface area contributed by atoms with Crippen molar-refractivity contribution >= 4 is 11.6 Å². The molecule has 2 aromatic heterocycles. The Hall–Kier alpha value is -2.74. The molecule has 0 spiro atoms. The Morgan fingerprint density at radius 3 is 2.42 bits per heavy atom. The van der Waals surface area contributed by atoms with E-state index in [9.17, 15) is 8.78 Å². The first-order valence-corrected chi connectivity index (χ1v) is 8.16. The van der Waals surface area contributed by atoms with Crippen molar-refractivity contribution in [2.24, 2.45) is 0 Å². The van der Waals surface area contributed by atoms with E-state index in [1.54, 1.807) is 0 Å². The van der Waals surface area contributed by atoms with Crippen LogP contribution in [0.15, 0.2) is 35.1 Å². The normalized spacial score (nSPS) is 19.2. The maximum Gasteiger partial charge on any atom is 0.252 e. The Labute approximate surface area is 151 Å². The molecule has 0 amide bonds. The lowest BCUT2D eigenvalue weighted by atomic mass is 9.77. The molecular formula is C17H12ClF2N3O3. The van der Waals surface area contributed by atoms with Crippen molar-refractivity contribution in [2.75, 3.05) is 0 Å². The highest BCUT2D eigenvalue weighted by atomic mass is 35.5. The van der Waals surface area contributed by atoms with Crippen molar-refractivity contribution in [3.8, 4) is 23.2 Å². The number of aromatic hydroxyl groups is 1. The van der Waals surface area contributed by atoms with Crippen LogP contribution in [0.1, 0.15) is 24.3 Å². The van der Waals surface area contributed by atoms with Gasteiger partial charge in [0.15, 0.2) is 5.76 Å². The number of aromatic nitrogens is 3. The van der Waals surface area contributed by atoms with Gasteiger partial charge in [0, 0.05) is 10.6 Å². The first-order chi connectivity index (χ1) is 12.5. The van der Waals surface area contributed by atoms with E-state index in [1.807, 2.05) is 0 Å². The predicted molar refractivity (Wildman–Crippen MR) is 87.0 cm³/mol. The summed E-state index contributed by atoms with van der Waals surface area (Å²) in [6.07, 6.45) is 3.56. The zero-order valence-corrected chi connectivity index (χ0v) is 14.0. The van der Waals surface area contributed by atoms with E-state index < -0.39 is 11.6 Å². The third-order valence-corrected chi connectivity index (χ3v) is 4.43. The van der Waals surface area contributed by atoms with Crippen LogP contribution in [0, 0.1) is 11.6 Å². The fourth-order valence-electron chi connectivity index (χ4n) is 2.90. The number of ether oxygens (including phenoxy) is 1. The van der Waals surface area contributed by atoms with Gasteiger partial charge in [-0.3, -0.25) is 0 Å². The second kappa shape index (κ2) is 6.53. The third-order valence-electron chi connectivity index (χ3n) is 4.21. The van der Waals surface area contributed by atoms with Crippen LogP contribution in [-0.2, 0) is 0 Å². The quantitative estimate of drug-likeness (QED) is 0.735. The van der Waals surface area contributed by atoms with Crippen molar-refractivity contribution < 1.29 is 23.1 Å². The number of hydrogen-bond acceptors (Lipinski definition) is 6. The van der Waals surface area contributed by atoms with Crippen molar-refractivity contribution in [2.45, 2.75) is 24.9 Å². The van der Waals surface area contributed by atoms with Gasteiger partial charge in [0.2, 0.25) is 5.88 Å². The monoisotopic (exact) mass is 379 g/mol. The molecule has 0 bridgehead atoms. The molecule has 6 nitrogen and oxygen atoms in total. The van der Waals surface area contributed by atoms with Gasteiger partial charge in [0.05, 0.1) is 18.5 Å². The fraction of sp³-hybridized carbons (Fsp3) is 0.235. The Kier molecular flexibility index (Phi) is 4.20. The summed E-state index contributed by atoms with van der Waals surface area (Å²) < 4.78 is 38.4. The van der Waals surface area contributed by atoms with Crippen LogP contribution in [-0.4, -0.2) is 26.3 Å². The molecule has 1 fully saturated rings. The van der Waals surface area contributed by atoms with Crippen LogP contribution in [0.25, 0.3) is 11.5 Å². The Morgan fingerprint density at radius 1 is 1.12 bits per heavy atom. The first kappa shape index (κ1) is 16.7. The van der Waals surface area contributed by atoms with Gasteiger partial charge in [-0.1, -0.05) is 11.6 Å². The maximum atomic E-state index is 13.9. The molecule has 1 aliphatic rings. The molecule has 0 saturated heterocycles. The van der Waals surface area contributed by atoms with Crippen LogP contribution in [0.5, 0.6) is 11.8 Å². The van der Waals surface area contributed by atoms with E-state index in [-0.39, 0.29) is 40.1 Å². The number of benzene rings is 1. The predicted octanol–water partition coefficient (Wildman–Crippen LogP) is 4.09. The molecule has 0 unspecified atom stereocenters. The van der Waals surface area contributed by atoms with Gasteiger partial charge in [0.25, 0.3) is 5.88 Å². The van der Waals surface area contributed by atoms with Gasteiger partial charge in [-0.2, -0.15) is 0 Å². The van der Waals surface area contributed by atoms with Crippen LogP contribution in [0.3, 0.4) is 0 Å². The molecule has 0 atom stereocenters. The molecule has 134 valence electrons. The van der Waals surface area contributed by atoms with Crippen molar-refractivity contribution in [1.29, 1.82) is 0 Å². The minimum atomic E-state index is -0.641. The van der Waals surface area contributed by atoms with Gasteiger partial charge in [0.1, 0.15) is 23.4 Å². The van der Waals surface area contributed by atoms with E-state index in [0.29, 0.717) is 18.5 Å². The van der Waals surface area contributed by atoms with Crippen molar-refractivity contribution in [1.82, 2.24) is 15.1 Å². The van der Waals surface area contributed by atoms with Gasteiger partial charge in [-0.15, -0.1) is 0 Å². The van der Waals surface area contributed by atoms with E-state index in [4.69, 9.17) is 26.0 Å². The lowest BCUT2D eigenvalue weighted by Crippen LogP contribution is -2.33. The second-order valence-electron chi connectivity index (χ2n) is 5.98. The molecule has 2 heterocycles. The Morgan fingerprint density at radius 2 is 1.85 bits per heavy atom. The van der Waals surface area contributed by atoms with Gasteiger partial charge in [-0.25, -0.2) is 18.7 Å². The number of rotatable bonds is 4. The Bertz CT molecular complexity index is 920. The number of nitrogens with zero attached hydrogens (tertiary/aromatic N) is 3.